The molecule has 3 heterocycles. The minimum Gasteiger partial charge on any atom is -0.485 e. The normalized spacial score (nSPS) is 20.4. The van der Waals surface area contributed by atoms with Crippen molar-refractivity contribution < 1.29 is 41.5 Å². The molecular weight excluding hydrogens is 476 g/mol. The molecule has 2 saturated heterocycles. The van der Waals surface area contributed by atoms with Gasteiger partial charge in [-0.1, -0.05) is 5.16 Å². The molecule has 0 radical (unpaired) electrons. The Bertz CT molecular complexity index is 1000. The van der Waals surface area contributed by atoms with Gasteiger partial charge < -0.3 is 19.3 Å². The first-order chi connectivity index (χ1) is 16.6. The molecule has 1 aromatic carbocycles. The van der Waals surface area contributed by atoms with Gasteiger partial charge in [-0.25, -0.2) is 9.18 Å². The lowest BCUT2D eigenvalue weighted by Gasteiger charge is -2.31. The lowest BCUT2D eigenvalue weighted by atomic mass is 10.1. The number of hydrogen-bond donors (Lipinski definition) is 1. The molecule has 192 valence electrons. The van der Waals surface area contributed by atoms with E-state index < -0.39 is 18.0 Å². The Morgan fingerprint density at radius 3 is 2.51 bits per heavy atom. The maximum atomic E-state index is 14.6. The Hall–Kier alpha value is -3.22. The minimum atomic E-state index is -5.08. The molecule has 4 rings (SSSR count). The van der Waals surface area contributed by atoms with Crippen molar-refractivity contribution in [2.24, 2.45) is 0 Å². The first kappa shape index (κ1) is 26.4. The van der Waals surface area contributed by atoms with Crippen LogP contribution < -0.4 is 4.74 Å². The first-order valence-corrected chi connectivity index (χ1v) is 11.1. The van der Waals surface area contributed by atoms with E-state index >= 15 is 0 Å². The van der Waals surface area contributed by atoms with E-state index in [1.54, 1.807) is 6.07 Å². The molecule has 2 fully saturated rings. The predicted molar refractivity (Wildman–Crippen MR) is 113 cm³/mol. The number of amides is 1. The van der Waals surface area contributed by atoms with Crippen molar-refractivity contribution in [3.8, 4) is 5.75 Å². The lowest BCUT2D eigenvalue weighted by molar-refractivity contribution is -0.192. The fourth-order valence-electron chi connectivity index (χ4n) is 4.15. The first-order valence-electron chi connectivity index (χ1n) is 11.1. The smallest absolute Gasteiger partial charge is 0.485 e. The van der Waals surface area contributed by atoms with Crippen LogP contribution in [0.1, 0.15) is 48.8 Å². The number of hydrogen-bond acceptors (Lipinski definition) is 7. The number of carboxylic acid groups (broad SMARTS) is 1. The highest BCUT2D eigenvalue weighted by Crippen LogP contribution is 2.26. The van der Waals surface area contributed by atoms with Crippen molar-refractivity contribution in [3.63, 3.8) is 0 Å². The number of alkyl halides is 3. The monoisotopic (exact) mass is 502 g/mol. The number of benzene rings is 1. The number of carbonyl (C=O) groups excluding carboxylic acids is 1. The maximum absolute atomic E-state index is 14.6. The molecule has 2 aliphatic heterocycles. The number of aromatic nitrogens is 2. The third kappa shape index (κ3) is 7.13. The van der Waals surface area contributed by atoms with Crippen molar-refractivity contribution in [1.29, 1.82) is 0 Å². The van der Waals surface area contributed by atoms with E-state index in [9.17, 15) is 22.4 Å². The van der Waals surface area contributed by atoms with Gasteiger partial charge in [0.1, 0.15) is 11.6 Å². The summed E-state index contributed by atoms with van der Waals surface area (Å²) in [5, 5.41) is 10.8. The number of nitrogens with zero attached hydrogens (tertiary/aromatic N) is 4. The molecule has 1 aromatic heterocycles. The van der Waals surface area contributed by atoms with E-state index in [1.807, 2.05) is 4.90 Å². The van der Waals surface area contributed by atoms with Crippen LogP contribution in [0.25, 0.3) is 0 Å². The zero-order valence-electron chi connectivity index (χ0n) is 19.0. The van der Waals surface area contributed by atoms with Crippen LogP contribution in [0, 0.1) is 5.82 Å². The van der Waals surface area contributed by atoms with Gasteiger partial charge in [0.15, 0.2) is 6.61 Å². The Balaban J connectivity index is 0.000000429. The zero-order valence-corrected chi connectivity index (χ0v) is 19.0. The molecule has 0 saturated carbocycles. The van der Waals surface area contributed by atoms with Crippen LogP contribution in [0.4, 0.5) is 17.6 Å². The molecule has 0 aliphatic carbocycles. The summed E-state index contributed by atoms with van der Waals surface area (Å²) in [6.45, 7) is 4.95. The van der Waals surface area contributed by atoms with Gasteiger partial charge in [0.2, 0.25) is 12.2 Å². The fraction of sp³-hybridized carbons (Fsp3) is 0.545. The summed E-state index contributed by atoms with van der Waals surface area (Å²) in [5.74, 6) is -2.88. The highest BCUT2D eigenvalue weighted by molar-refractivity contribution is 5.95. The summed E-state index contributed by atoms with van der Waals surface area (Å²) in [5.41, 5.74) is 0.0910. The number of carbonyl (C=O) groups is 2. The summed E-state index contributed by atoms with van der Waals surface area (Å²) < 4.78 is 56.4. The Labute approximate surface area is 198 Å². The van der Waals surface area contributed by atoms with Gasteiger partial charge in [0, 0.05) is 31.2 Å². The summed E-state index contributed by atoms with van der Waals surface area (Å²) in [6.07, 6.45) is 0.480. The highest BCUT2D eigenvalue weighted by Gasteiger charge is 2.38. The number of carboxylic acids is 1. The third-order valence-corrected chi connectivity index (χ3v) is 5.96. The van der Waals surface area contributed by atoms with Crippen LogP contribution in [-0.2, 0) is 11.4 Å². The topological polar surface area (TPSA) is 109 Å². The molecule has 35 heavy (non-hydrogen) atoms. The van der Waals surface area contributed by atoms with Crippen LogP contribution in [-0.4, -0.2) is 74.8 Å². The number of halogens is 4. The largest absolute Gasteiger partial charge is 0.490 e. The second-order valence-corrected chi connectivity index (χ2v) is 8.36. The maximum Gasteiger partial charge on any atom is 0.490 e. The van der Waals surface area contributed by atoms with Crippen LogP contribution in [0.3, 0.4) is 0 Å². The molecule has 2 aliphatic rings. The van der Waals surface area contributed by atoms with Crippen molar-refractivity contribution >= 4 is 11.9 Å². The molecule has 13 heteroatoms. The number of rotatable bonds is 6. The van der Waals surface area contributed by atoms with E-state index in [-0.39, 0.29) is 24.1 Å². The molecule has 0 bridgehead atoms. The average molecular weight is 502 g/mol. The van der Waals surface area contributed by atoms with Gasteiger partial charge in [-0.2, -0.15) is 18.2 Å². The molecule has 1 unspecified atom stereocenters. The SMILES string of the molecule is C[C@H]1CCCN1CC1CCCN1C(=O)c1ccc(OCc2ncon2)cc1F.O=C(O)C(F)(F)F. The average Bonchev–Trinajstić information content (AvgIpc) is 3.55. The van der Waals surface area contributed by atoms with E-state index in [0.29, 0.717) is 24.2 Å². The predicted octanol–water partition coefficient (Wildman–Crippen LogP) is 3.51. The standard InChI is InChI=1S/C20H25FN4O3.C2HF3O2/c1-14-4-2-8-24(14)11-15-5-3-9-25(15)20(26)17-7-6-16(10-18(17)21)27-12-19-22-13-28-23-19;3-2(4,5)1(6)7/h6-7,10,13-15H,2-5,8-9,11-12H2,1H3;(H,6,7)/t14-,15?;/m0./s1. The van der Waals surface area contributed by atoms with Crippen molar-refractivity contribution in [2.75, 3.05) is 19.6 Å². The van der Waals surface area contributed by atoms with Gasteiger partial charge in [0.25, 0.3) is 5.91 Å². The zero-order chi connectivity index (χ0) is 25.6. The lowest BCUT2D eigenvalue weighted by Crippen LogP contribution is -2.44. The summed E-state index contributed by atoms with van der Waals surface area (Å²) in [4.78, 5) is 30.0. The molecule has 2 atom stereocenters. The van der Waals surface area contributed by atoms with E-state index in [1.165, 1.54) is 31.4 Å². The van der Waals surface area contributed by atoms with Crippen LogP contribution in [0.2, 0.25) is 0 Å². The minimum absolute atomic E-state index is 0.0749. The Morgan fingerprint density at radius 2 is 1.94 bits per heavy atom. The van der Waals surface area contributed by atoms with Crippen molar-refractivity contribution in [3.05, 3.63) is 41.8 Å². The van der Waals surface area contributed by atoms with Crippen LogP contribution in [0.5, 0.6) is 5.75 Å². The second-order valence-electron chi connectivity index (χ2n) is 8.36. The molecule has 1 N–H and O–H groups in total. The van der Waals surface area contributed by atoms with Gasteiger partial charge >= 0.3 is 12.1 Å². The fourth-order valence-corrected chi connectivity index (χ4v) is 4.15. The molecule has 0 spiro atoms. The second kappa shape index (κ2) is 11.5. The highest BCUT2D eigenvalue weighted by atomic mass is 19.4. The van der Waals surface area contributed by atoms with Gasteiger partial charge in [-0.05, 0) is 51.3 Å². The van der Waals surface area contributed by atoms with E-state index in [0.717, 1.165) is 25.9 Å². The molecule has 2 aromatic rings. The summed E-state index contributed by atoms with van der Waals surface area (Å²) in [7, 11) is 0. The van der Waals surface area contributed by atoms with Crippen molar-refractivity contribution in [1.82, 2.24) is 19.9 Å². The van der Waals surface area contributed by atoms with Crippen molar-refractivity contribution in [2.45, 2.75) is 57.5 Å². The Morgan fingerprint density at radius 1 is 1.23 bits per heavy atom. The molecule has 1 amide bonds. The third-order valence-electron chi connectivity index (χ3n) is 5.96. The van der Waals surface area contributed by atoms with Gasteiger partial charge in [-0.3, -0.25) is 9.69 Å². The van der Waals surface area contributed by atoms with E-state index in [4.69, 9.17) is 14.6 Å². The number of ether oxygens (including phenoxy) is 1. The van der Waals surface area contributed by atoms with Gasteiger partial charge in [0.05, 0.1) is 5.56 Å². The number of aliphatic carboxylic acids is 1. The number of likely N-dealkylation sites (tertiary alicyclic amines) is 2. The van der Waals surface area contributed by atoms with Gasteiger partial charge in [-0.15, -0.1) is 0 Å². The summed E-state index contributed by atoms with van der Waals surface area (Å²) >= 11 is 0. The summed E-state index contributed by atoms with van der Waals surface area (Å²) in [6, 6.07) is 5.05. The van der Waals surface area contributed by atoms with Crippen LogP contribution >= 0.6 is 0 Å². The quantitative estimate of drug-likeness (QED) is 0.598. The molecular formula is C22H26F4N4O5. The Kier molecular flexibility index (Phi) is 8.65. The van der Waals surface area contributed by atoms with E-state index in [2.05, 4.69) is 26.5 Å². The van der Waals surface area contributed by atoms with Crippen LogP contribution in [0.15, 0.2) is 29.1 Å². The molecule has 9 nitrogen and oxygen atoms in total.